The van der Waals surface area contributed by atoms with Gasteiger partial charge in [-0.25, -0.2) is 0 Å². The minimum Gasteiger partial charge on any atom is -0.503 e. The van der Waals surface area contributed by atoms with Gasteiger partial charge in [-0.05, 0) is 7.05 Å². The van der Waals surface area contributed by atoms with Crippen LogP contribution in [0.15, 0.2) is 10.9 Å². The lowest BCUT2D eigenvalue weighted by Gasteiger charge is -2.33. The first-order valence-electron chi connectivity index (χ1n) is 7.52. The Labute approximate surface area is 130 Å². The van der Waals surface area contributed by atoms with Crippen molar-refractivity contribution < 1.29 is 14.9 Å². The lowest BCUT2D eigenvalue weighted by atomic mass is 10.2. The third-order valence-electron chi connectivity index (χ3n) is 4.13. The summed E-state index contributed by atoms with van der Waals surface area (Å²) < 4.78 is 6.88. The van der Waals surface area contributed by atoms with Gasteiger partial charge < -0.3 is 24.4 Å². The summed E-state index contributed by atoms with van der Waals surface area (Å²) in [5.74, 6) is -0.229. The van der Waals surface area contributed by atoms with E-state index in [0.717, 1.165) is 26.2 Å². The molecule has 2 heterocycles. The summed E-state index contributed by atoms with van der Waals surface area (Å²) in [5, 5.41) is 19.7. The van der Waals surface area contributed by atoms with Crippen molar-refractivity contribution >= 4 is 0 Å². The van der Waals surface area contributed by atoms with Crippen LogP contribution < -0.4 is 5.43 Å². The summed E-state index contributed by atoms with van der Waals surface area (Å²) in [6.07, 6.45) is 0. The van der Waals surface area contributed by atoms with Crippen molar-refractivity contribution in [3.05, 3.63) is 27.7 Å². The van der Waals surface area contributed by atoms with Gasteiger partial charge in [0, 0.05) is 58.1 Å². The van der Waals surface area contributed by atoms with E-state index < -0.39 is 5.43 Å². The van der Waals surface area contributed by atoms with Crippen LogP contribution in [0.1, 0.15) is 11.4 Å². The predicted molar refractivity (Wildman–Crippen MR) is 82.9 cm³/mol. The van der Waals surface area contributed by atoms with Crippen molar-refractivity contribution in [2.24, 2.45) is 0 Å². The zero-order valence-electron chi connectivity index (χ0n) is 13.3. The molecule has 0 radical (unpaired) electrons. The highest BCUT2D eigenvalue weighted by Gasteiger charge is 2.20. The fourth-order valence-electron chi connectivity index (χ4n) is 2.71. The predicted octanol–water partition coefficient (Wildman–Crippen LogP) is -0.560. The summed E-state index contributed by atoms with van der Waals surface area (Å²) >= 11 is 0. The van der Waals surface area contributed by atoms with E-state index in [2.05, 4.69) is 16.8 Å². The normalized spacial score (nSPS) is 17.0. The van der Waals surface area contributed by atoms with Crippen molar-refractivity contribution in [2.75, 3.05) is 46.9 Å². The molecule has 124 valence electrons. The molecule has 1 aliphatic heterocycles. The van der Waals surface area contributed by atoms with Crippen molar-refractivity contribution in [1.29, 1.82) is 0 Å². The molecule has 0 unspecified atom stereocenters. The Morgan fingerprint density at radius 3 is 2.55 bits per heavy atom. The third kappa shape index (κ3) is 3.86. The average Bonchev–Trinajstić information content (AvgIpc) is 2.52. The highest BCUT2D eigenvalue weighted by atomic mass is 16.5. The van der Waals surface area contributed by atoms with Crippen molar-refractivity contribution in [3.8, 4) is 5.75 Å². The molecule has 1 aliphatic rings. The molecule has 0 spiro atoms. The standard InChI is InChI=1S/C15H25N3O4/c1-16-3-5-17(6-4-16)10-13-15(21)14(20)9-12(11-19)18(13)7-8-22-2/h9,19,21H,3-8,10-11H2,1-2H3. The number of methoxy groups -OCH3 is 1. The molecule has 1 fully saturated rings. The second-order valence-electron chi connectivity index (χ2n) is 5.68. The van der Waals surface area contributed by atoms with Gasteiger partial charge in [-0.2, -0.15) is 0 Å². The van der Waals surface area contributed by atoms with Crippen LogP contribution in [0.3, 0.4) is 0 Å². The second kappa shape index (κ2) is 7.73. The summed E-state index contributed by atoms with van der Waals surface area (Å²) in [6.45, 7) is 4.89. The molecule has 22 heavy (non-hydrogen) atoms. The third-order valence-corrected chi connectivity index (χ3v) is 4.13. The fourth-order valence-corrected chi connectivity index (χ4v) is 2.71. The Bertz CT molecular complexity index is 550. The number of nitrogens with zero attached hydrogens (tertiary/aromatic N) is 3. The quantitative estimate of drug-likeness (QED) is 0.733. The molecule has 0 bridgehead atoms. The number of likely N-dealkylation sites (N-methyl/N-ethyl adjacent to an activating group) is 1. The highest BCUT2D eigenvalue weighted by Crippen LogP contribution is 2.18. The minimum absolute atomic E-state index is 0.229. The van der Waals surface area contributed by atoms with Gasteiger partial charge in [0.2, 0.25) is 5.43 Å². The van der Waals surface area contributed by atoms with Crippen molar-refractivity contribution in [2.45, 2.75) is 19.7 Å². The van der Waals surface area contributed by atoms with Gasteiger partial charge in [-0.15, -0.1) is 0 Å². The molecule has 2 rings (SSSR count). The number of aromatic nitrogens is 1. The number of aliphatic hydroxyl groups excluding tert-OH is 1. The highest BCUT2D eigenvalue weighted by molar-refractivity contribution is 5.30. The second-order valence-corrected chi connectivity index (χ2v) is 5.68. The maximum absolute atomic E-state index is 11.9. The lowest BCUT2D eigenvalue weighted by Crippen LogP contribution is -2.44. The summed E-state index contributed by atoms with van der Waals surface area (Å²) in [5.41, 5.74) is 0.615. The van der Waals surface area contributed by atoms with Crippen molar-refractivity contribution in [1.82, 2.24) is 14.4 Å². The van der Waals surface area contributed by atoms with Gasteiger partial charge in [0.1, 0.15) is 0 Å². The van der Waals surface area contributed by atoms with Crippen LogP contribution in [0.5, 0.6) is 5.75 Å². The summed E-state index contributed by atoms with van der Waals surface area (Å²) in [7, 11) is 3.68. The Morgan fingerprint density at radius 1 is 1.27 bits per heavy atom. The average molecular weight is 311 g/mol. The number of hydrogen-bond acceptors (Lipinski definition) is 6. The Kier molecular flexibility index (Phi) is 5.96. The monoisotopic (exact) mass is 311 g/mol. The van der Waals surface area contributed by atoms with Gasteiger partial charge in [0.15, 0.2) is 5.75 Å². The van der Waals surface area contributed by atoms with Crippen molar-refractivity contribution in [3.63, 3.8) is 0 Å². The lowest BCUT2D eigenvalue weighted by molar-refractivity contribution is 0.140. The maximum Gasteiger partial charge on any atom is 0.223 e. The molecule has 7 nitrogen and oxygen atoms in total. The van der Waals surface area contributed by atoms with E-state index in [4.69, 9.17) is 4.74 Å². The number of aromatic hydroxyl groups is 1. The number of aliphatic hydroxyl groups is 1. The summed E-state index contributed by atoms with van der Waals surface area (Å²) in [4.78, 5) is 16.4. The molecular formula is C15H25N3O4. The molecule has 1 aromatic heterocycles. The first kappa shape index (κ1) is 17.0. The van der Waals surface area contributed by atoms with Crippen LogP contribution in [0, 0.1) is 0 Å². The van der Waals surface area contributed by atoms with E-state index in [0.29, 0.717) is 31.1 Å². The van der Waals surface area contributed by atoms with Crippen LogP contribution in [-0.2, 0) is 24.4 Å². The number of pyridine rings is 1. The smallest absolute Gasteiger partial charge is 0.223 e. The molecule has 7 heteroatoms. The molecule has 1 aromatic rings. The topological polar surface area (TPSA) is 78.2 Å². The Hall–Kier alpha value is -1.41. The zero-order chi connectivity index (χ0) is 16.1. The van der Waals surface area contributed by atoms with Crippen LogP contribution in [-0.4, -0.2) is 71.5 Å². The van der Waals surface area contributed by atoms with Gasteiger partial charge >= 0.3 is 0 Å². The zero-order valence-corrected chi connectivity index (χ0v) is 13.3. The molecule has 0 aromatic carbocycles. The van der Waals surface area contributed by atoms with E-state index in [1.807, 2.05) is 0 Å². The molecular weight excluding hydrogens is 286 g/mol. The van der Waals surface area contributed by atoms with E-state index in [1.165, 1.54) is 6.07 Å². The first-order chi connectivity index (χ1) is 10.6. The molecule has 0 amide bonds. The van der Waals surface area contributed by atoms with E-state index in [9.17, 15) is 15.0 Å². The van der Waals surface area contributed by atoms with E-state index in [1.54, 1.807) is 11.7 Å². The number of piperazine rings is 1. The largest absolute Gasteiger partial charge is 0.503 e. The van der Waals surface area contributed by atoms with Gasteiger partial charge in [0.25, 0.3) is 0 Å². The van der Waals surface area contributed by atoms with Gasteiger partial charge in [-0.1, -0.05) is 0 Å². The number of rotatable bonds is 6. The molecule has 0 atom stereocenters. The molecule has 2 N–H and O–H groups in total. The van der Waals surface area contributed by atoms with Gasteiger partial charge in [0.05, 0.1) is 18.9 Å². The first-order valence-corrected chi connectivity index (χ1v) is 7.52. The van der Waals surface area contributed by atoms with E-state index in [-0.39, 0.29) is 12.4 Å². The maximum atomic E-state index is 11.9. The van der Waals surface area contributed by atoms with E-state index >= 15 is 0 Å². The summed E-state index contributed by atoms with van der Waals surface area (Å²) in [6, 6.07) is 1.29. The van der Waals surface area contributed by atoms with Crippen LogP contribution in [0.4, 0.5) is 0 Å². The number of hydrogen-bond donors (Lipinski definition) is 2. The SMILES string of the molecule is COCCn1c(CO)cc(=O)c(O)c1CN1CCN(C)CC1. The molecule has 1 saturated heterocycles. The molecule has 0 saturated carbocycles. The fraction of sp³-hybridized carbons (Fsp3) is 0.667. The minimum atomic E-state index is -0.443. The van der Waals surface area contributed by atoms with Gasteiger partial charge in [-0.3, -0.25) is 9.69 Å². The van der Waals surface area contributed by atoms with Crippen LogP contribution >= 0.6 is 0 Å². The van der Waals surface area contributed by atoms with Crippen LogP contribution in [0.2, 0.25) is 0 Å². The Morgan fingerprint density at radius 2 is 1.95 bits per heavy atom. The Balaban J connectivity index is 2.30. The number of ether oxygens (including phenoxy) is 1. The van der Waals surface area contributed by atoms with Crippen LogP contribution in [0.25, 0.3) is 0 Å². The molecule has 0 aliphatic carbocycles.